The van der Waals surface area contributed by atoms with E-state index >= 15 is 0 Å². The first-order valence-electron chi connectivity index (χ1n) is 6.00. The number of carbonyl (C=O) groups is 1. The lowest BCUT2D eigenvalue weighted by Gasteiger charge is -2.25. The minimum atomic E-state index is -0.734. The highest BCUT2D eigenvalue weighted by molar-refractivity contribution is 5.66. The molecular weight excluding hydrogens is 218 g/mol. The van der Waals surface area contributed by atoms with E-state index in [-0.39, 0.29) is 6.42 Å². The third-order valence-electron chi connectivity index (χ3n) is 2.72. The summed E-state index contributed by atoms with van der Waals surface area (Å²) in [7, 11) is 0. The second-order valence-corrected chi connectivity index (χ2v) is 4.57. The molecule has 0 saturated carbocycles. The standard InChI is InChI=1S/C13H21NO3/c1-10(2)14(8-4-5-13(15)16)9-12-7-6-11(3)17-12/h6-7,10H,4-5,8-9H2,1-3H3,(H,15,16). The average molecular weight is 239 g/mol. The maximum absolute atomic E-state index is 10.5. The van der Waals surface area contributed by atoms with Crippen molar-refractivity contribution in [3.05, 3.63) is 23.7 Å². The van der Waals surface area contributed by atoms with Gasteiger partial charge >= 0.3 is 5.97 Å². The van der Waals surface area contributed by atoms with Crippen molar-refractivity contribution in [1.29, 1.82) is 0 Å². The van der Waals surface area contributed by atoms with E-state index in [1.165, 1.54) is 0 Å². The lowest BCUT2D eigenvalue weighted by molar-refractivity contribution is -0.137. The molecule has 0 fully saturated rings. The molecule has 0 atom stereocenters. The molecule has 0 aliphatic heterocycles. The predicted octanol–water partition coefficient (Wildman–Crippen LogP) is 2.66. The van der Waals surface area contributed by atoms with Gasteiger partial charge in [0.25, 0.3) is 0 Å². The van der Waals surface area contributed by atoms with Crippen LogP contribution in [0, 0.1) is 6.92 Å². The molecule has 0 bridgehead atoms. The van der Waals surface area contributed by atoms with Gasteiger partial charge < -0.3 is 9.52 Å². The van der Waals surface area contributed by atoms with E-state index in [0.717, 1.165) is 24.6 Å². The lowest BCUT2D eigenvalue weighted by atomic mass is 10.2. The monoisotopic (exact) mass is 239 g/mol. The van der Waals surface area contributed by atoms with E-state index in [4.69, 9.17) is 9.52 Å². The van der Waals surface area contributed by atoms with Crippen LogP contribution in [0.4, 0.5) is 0 Å². The Morgan fingerprint density at radius 1 is 1.47 bits per heavy atom. The van der Waals surface area contributed by atoms with Crippen LogP contribution in [-0.2, 0) is 11.3 Å². The summed E-state index contributed by atoms with van der Waals surface area (Å²) in [6.07, 6.45) is 0.896. The molecule has 1 aromatic heterocycles. The topological polar surface area (TPSA) is 53.7 Å². The molecule has 1 rings (SSSR count). The zero-order chi connectivity index (χ0) is 12.8. The molecule has 4 heteroatoms. The van der Waals surface area contributed by atoms with Gasteiger partial charge in [-0.1, -0.05) is 0 Å². The van der Waals surface area contributed by atoms with Crippen molar-refractivity contribution >= 4 is 5.97 Å². The Hall–Kier alpha value is -1.29. The van der Waals surface area contributed by atoms with Crippen molar-refractivity contribution in [3.63, 3.8) is 0 Å². The first kappa shape index (κ1) is 13.8. The van der Waals surface area contributed by atoms with Gasteiger partial charge in [-0.05, 0) is 45.9 Å². The largest absolute Gasteiger partial charge is 0.481 e. The molecule has 1 heterocycles. The van der Waals surface area contributed by atoms with Crippen molar-refractivity contribution in [2.45, 2.75) is 46.2 Å². The second kappa shape index (κ2) is 6.45. The molecule has 0 aliphatic carbocycles. The molecule has 17 heavy (non-hydrogen) atoms. The van der Waals surface area contributed by atoms with E-state index < -0.39 is 5.97 Å². The third-order valence-corrected chi connectivity index (χ3v) is 2.72. The summed E-state index contributed by atoms with van der Waals surface area (Å²) in [5.74, 6) is 1.11. The summed E-state index contributed by atoms with van der Waals surface area (Å²) in [4.78, 5) is 12.7. The number of carboxylic acid groups (broad SMARTS) is 1. The number of aliphatic carboxylic acids is 1. The summed E-state index contributed by atoms with van der Waals surface area (Å²) >= 11 is 0. The predicted molar refractivity (Wildman–Crippen MR) is 65.9 cm³/mol. The maximum Gasteiger partial charge on any atom is 0.303 e. The van der Waals surface area contributed by atoms with E-state index in [1.807, 2.05) is 19.1 Å². The van der Waals surface area contributed by atoms with E-state index in [2.05, 4.69) is 18.7 Å². The Bertz CT molecular complexity index is 357. The van der Waals surface area contributed by atoms with Crippen molar-refractivity contribution in [2.75, 3.05) is 6.54 Å². The van der Waals surface area contributed by atoms with Crippen molar-refractivity contribution < 1.29 is 14.3 Å². The van der Waals surface area contributed by atoms with Gasteiger partial charge in [-0.15, -0.1) is 0 Å². The smallest absolute Gasteiger partial charge is 0.303 e. The summed E-state index contributed by atoms with van der Waals surface area (Å²) in [5, 5.41) is 8.62. The van der Waals surface area contributed by atoms with E-state index in [9.17, 15) is 4.79 Å². The molecule has 96 valence electrons. The number of hydrogen-bond donors (Lipinski definition) is 1. The minimum absolute atomic E-state index is 0.223. The maximum atomic E-state index is 10.5. The third kappa shape index (κ3) is 5.04. The van der Waals surface area contributed by atoms with Crippen LogP contribution in [-0.4, -0.2) is 28.6 Å². The summed E-state index contributed by atoms with van der Waals surface area (Å²) in [6, 6.07) is 4.31. The fourth-order valence-corrected chi connectivity index (χ4v) is 1.72. The quantitative estimate of drug-likeness (QED) is 0.794. The van der Waals surface area contributed by atoms with Crippen molar-refractivity contribution in [2.24, 2.45) is 0 Å². The van der Waals surface area contributed by atoms with Gasteiger partial charge in [0, 0.05) is 12.5 Å². The fraction of sp³-hybridized carbons (Fsp3) is 0.615. The van der Waals surface area contributed by atoms with Gasteiger partial charge in [0.1, 0.15) is 11.5 Å². The molecule has 0 amide bonds. The molecule has 1 aromatic rings. The molecule has 4 nitrogen and oxygen atoms in total. The van der Waals surface area contributed by atoms with Gasteiger partial charge in [-0.2, -0.15) is 0 Å². The Kier molecular flexibility index (Phi) is 5.22. The zero-order valence-electron chi connectivity index (χ0n) is 10.8. The molecule has 1 N–H and O–H groups in total. The summed E-state index contributed by atoms with van der Waals surface area (Å²) < 4.78 is 5.53. The van der Waals surface area contributed by atoms with Crippen LogP contribution < -0.4 is 0 Å². The highest BCUT2D eigenvalue weighted by Crippen LogP contribution is 2.12. The van der Waals surface area contributed by atoms with Gasteiger partial charge in [0.2, 0.25) is 0 Å². The van der Waals surface area contributed by atoms with Crippen LogP contribution in [0.1, 0.15) is 38.2 Å². The van der Waals surface area contributed by atoms with E-state index in [0.29, 0.717) is 12.5 Å². The number of carboxylic acids is 1. The van der Waals surface area contributed by atoms with Gasteiger partial charge in [0.05, 0.1) is 6.54 Å². The molecule has 0 unspecified atom stereocenters. The Morgan fingerprint density at radius 2 is 2.18 bits per heavy atom. The van der Waals surface area contributed by atoms with Crippen molar-refractivity contribution in [1.82, 2.24) is 4.90 Å². The van der Waals surface area contributed by atoms with Gasteiger partial charge in [-0.3, -0.25) is 9.69 Å². The Morgan fingerprint density at radius 3 is 2.65 bits per heavy atom. The molecular formula is C13H21NO3. The summed E-state index contributed by atoms with van der Waals surface area (Å²) in [6.45, 7) is 7.66. The Labute approximate surface area is 102 Å². The van der Waals surface area contributed by atoms with Crippen LogP contribution in [0.25, 0.3) is 0 Å². The van der Waals surface area contributed by atoms with Gasteiger partial charge in [-0.25, -0.2) is 0 Å². The SMILES string of the molecule is Cc1ccc(CN(CCCC(=O)O)C(C)C)o1. The minimum Gasteiger partial charge on any atom is -0.481 e. The highest BCUT2D eigenvalue weighted by Gasteiger charge is 2.12. The number of aryl methyl sites for hydroxylation is 1. The summed E-state index contributed by atoms with van der Waals surface area (Å²) in [5.41, 5.74) is 0. The second-order valence-electron chi connectivity index (χ2n) is 4.57. The first-order chi connectivity index (χ1) is 7.99. The highest BCUT2D eigenvalue weighted by atomic mass is 16.4. The normalized spacial score (nSPS) is 11.4. The molecule has 0 saturated heterocycles. The number of nitrogens with zero attached hydrogens (tertiary/aromatic N) is 1. The average Bonchev–Trinajstić information content (AvgIpc) is 2.62. The molecule has 0 aliphatic rings. The van der Waals surface area contributed by atoms with Crippen molar-refractivity contribution in [3.8, 4) is 0 Å². The van der Waals surface area contributed by atoms with Crippen LogP contribution >= 0.6 is 0 Å². The molecule has 0 spiro atoms. The molecule has 0 aromatic carbocycles. The van der Waals surface area contributed by atoms with E-state index in [1.54, 1.807) is 0 Å². The first-order valence-corrected chi connectivity index (χ1v) is 6.00. The molecule has 0 radical (unpaired) electrons. The van der Waals surface area contributed by atoms with Crippen LogP contribution in [0.3, 0.4) is 0 Å². The Balaban J connectivity index is 2.46. The van der Waals surface area contributed by atoms with Crippen LogP contribution in [0.2, 0.25) is 0 Å². The van der Waals surface area contributed by atoms with Gasteiger partial charge in [0.15, 0.2) is 0 Å². The lowest BCUT2D eigenvalue weighted by Crippen LogP contribution is -2.31. The number of rotatable bonds is 7. The number of hydrogen-bond acceptors (Lipinski definition) is 3. The van der Waals surface area contributed by atoms with Crippen LogP contribution in [0.5, 0.6) is 0 Å². The number of furan rings is 1. The fourth-order valence-electron chi connectivity index (χ4n) is 1.72. The zero-order valence-corrected chi connectivity index (χ0v) is 10.8. The van der Waals surface area contributed by atoms with Crippen LogP contribution in [0.15, 0.2) is 16.5 Å².